The minimum absolute atomic E-state index is 0.0704. The highest BCUT2D eigenvalue weighted by Gasteiger charge is 2.27. The molecule has 0 aromatic heterocycles. The second-order valence-corrected chi connectivity index (χ2v) is 12.3. The van der Waals surface area contributed by atoms with Crippen molar-refractivity contribution in [1.29, 1.82) is 0 Å². The fraction of sp³-hybridized carbons (Fsp3) is 0.483. The van der Waals surface area contributed by atoms with E-state index in [0.717, 1.165) is 24.3 Å². The van der Waals surface area contributed by atoms with Crippen molar-refractivity contribution >= 4 is 27.7 Å². The molecule has 2 unspecified atom stereocenters. The molecule has 11 nitrogen and oxygen atoms in total. The van der Waals surface area contributed by atoms with Gasteiger partial charge in [0, 0.05) is 49.8 Å². The number of hydrazine groups is 1. The second-order valence-electron chi connectivity index (χ2n) is 10.7. The Labute approximate surface area is 251 Å². The molecular weight excluding hydrogens is 584 g/mol. The van der Waals surface area contributed by atoms with Crippen molar-refractivity contribution in [1.82, 2.24) is 20.7 Å². The van der Waals surface area contributed by atoms with Gasteiger partial charge in [0.2, 0.25) is 15.9 Å². The molecule has 0 fully saturated rings. The molecule has 0 bridgehead atoms. The van der Waals surface area contributed by atoms with Crippen molar-refractivity contribution in [2.75, 3.05) is 26.7 Å². The summed E-state index contributed by atoms with van der Waals surface area (Å²) in [7, 11) is -2.84. The van der Waals surface area contributed by atoms with Gasteiger partial charge in [0.25, 0.3) is 11.8 Å². The molecule has 0 radical (unpaired) electrons. The maximum absolute atomic E-state index is 13.9. The molecule has 0 aliphatic heterocycles. The number of carbonyl (C=O) groups excluding carboxylic acids is 3. The third-order valence-corrected chi connectivity index (χ3v) is 7.36. The van der Waals surface area contributed by atoms with E-state index in [1.807, 2.05) is 13.8 Å². The second kappa shape index (κ2) is 15.8. The highest BCUT2D eigenvalue weighted by Crippen LogP contribution is 2.18. The maximum atomic E-state index is 13.9. The number of aliphatic hydroxyl groups is 1. The number of benzene rings is 2. The number of nitrogens with one attached hydrogen (secondary N) is 2. The van der Waals surface area contributed by atoms with Gasteiger partial charge in [0.1, 0.15) is 11.6 Å². The molecule has 238 valence electrons. The molecule has 2 aromatic rings. The summed E-state index contributed by atoms with van der Waals surface area (Å²) in [5.41, 5.74) is 2.41. The minimum atomic E-state index is -4.33. The molecule has 14 heteroatoms. The predicted octanol–water partition coefficient (Wildman–Crippen LogP) is 2.20. The van der Waals surface area contributed by atoms with Crippen LogP contribution in [0.4, 0.5) is 8.78 Å². The van der Waals surface area contributed by atoms with Crippen molar-refractivity contribution in [2.45, 2.75) is 64.0 Å². The Morgan fingerprint density at radius 1 is 0.953 bits per heavy atom. The normalized spacial score (nSPS) is 13.1. The maximum Gasteiger partial charge on any atom is 0.253 e. The Bertz CT molecular complexity index is 1380. The zero-order chi connectivity index (χ0) is 32.5. The molecule has 0 heterocycles. The number of sulfonamides is 1. The van der Waals surface area contributed by atoms with Gasteiger partial charge < -0.3 is 15.3 Å². The van der Waals surface area contributed by atoms with E-state index >= 15 is 0 Å². The average Bonchev–Trinajstić information content (AvgIpc) is 2.90. The molecule has 2 aromatic carbocycles. The molecule has 2 atom stereocenters. The van der Waals surface area contributed by atoms with Crippen molar-refractivity contribution in [3.8, 4) is 0 Å². The van der Waals surface area contributed by atoms with Crippen LogP contribution in [-0.2, 0) is 21.2 Å². The first-order valence-corrected chi connectivity index (χ1v) is 15.5. The van der Waals surface area contributed by atoms with Gasteiger partial charge in [-0.2, -0.15) is 0 Å². The SMILES string of the molecule is CCCN(CCC)C(=O)c1cc(C(=O)NC(Cc2cc(F)cc(F)c2)C(O)CN(C)NC(=O)C(C)C)cc(S(N)(=O)=O)c1. The van der Waals surface area contributed by atoms with Gasteiger partial charge in [-0.3, -0.25) is 19.8 Å². The fourth-order valence-electron chi connectivity index (χ4n) is 4.34. The van der Waals surface area contributed by atoms with E-state index in [-0.39, 0.29) is 41.5 Å². The third-order valence-electron chi connectivity index (χ3n) is 6.46. The molecule has 0 aliphatic carbocycles. The highest BCUT2D eigenvalue weighted by molar-refractivity contribution is 7.89. The van der Waals surface area contributed by atoms with E-state index in [2.05, 4.69) is 10.7 Å². The Morgan fingerprint density at radius 3 is 2.02 bits per heavy atom. The van der Waals surface area contributed by atoms with Gasteiger partial charge in [-0.15, -0.1) is 0 Å². The van der Waals surface area contributed by atoms with Gasteiger partial charge in [0.15, 0.2) is 0 Å². The first kappa shape index (κ1) is 35.7. The van der Waals surface area contributed by atoms with E-state index in [9.17, 15) is 36.7 Å². The van der Waals surface area contributed by atoms with Crippen LogP contribution in [0, 0.1) is 17.6 Å². The van der Waals surface area contributed by atoms with Crippen molar-refractivity contribution < 1.29 is 36.7 Å². The Balaban J connectivity index is 2.48. The van der Waals surface area contributed by atoms with Gasteiger partial charge >= 0.3 is 0 Å². The van der Waals surface area contributed by atoms with E-state index in [1.165, 1.54) is 23.0 Å². The van der Waals surface area contributed by atoms with Gasteiger partial charge in [-0.25, -0.2) is 27.3 Å². The summed E-state index contributed by atoms with van der Waals surface area (Å²) in [5.74, 6) is -3.74. The van der Waals surface area contributed by atoms with Crippen LogP contribution >= 0.6 is 0 Å². The number of rotatable bonds is 15. The molecule has 0 spiro atoms. The lowest BCUT2D eigenvalue weighted by atomic mass is 9.99. The van der Waals surface area contributed by atoms with Crippen LogP contribution in [0.15, 0.2) is 41.3 Å². The van der Waals surface area contributed by atoms with Crippen LogP contribution in [0.1, 0.15) is 66.8 Å². The standard InChI is InChI=1S/C29H41F2N5O6S/c1-6-8-36(9-7-2)29(40)21-13-20(14-24(15-21)43(32,41)42)28(39)33-25(12-19-10-22(30)16-23(31)11-19)26(37)17-35(5)34-27(38)18(3)4/h10-11,13-16,18,25-26,37H,6-9,12,17H2,1-5H3,(H,33,39)(H,34,38)(H2,32,41,42). The topological polar surface area (TPSA) is 162 Å². The summed E-state index contributed by atoms with van der Waals surface area (Å²) in [5, 5.41) is 20.3. The number of hydrogen-bond acceptors (Lipinski definition) is 7. The quantitative estimate of drug-likeness (QED) is 0.221. The van der Waals surface area contributed by atoms with Crippen LogP contribution in [0.2, 0.25) is 0 Å². The molecule has 0 saturated heterocycles. The van der Waals surface area contributed by atoms with Crippen LogP contribution in [0.25, 0.3) is 0 Å². The van der Waals surface area contributed by atoms with Gasteiger partial charge in [-0.1, -0.05) is 27.7 Å². The smallest absolute Gasteiger partial charge is 0.253 e. The van der Waals surface area contributed by atoms with Crippen molar-refractivity contribution in [3.63, 3.8) is 0 Å². The lowest BCUT2D eigenvalue weighted by Gasteiger charge is -2.29. The molecule has 0 aliphatic rings. The molecular formula is C29H41F2N5O6S. The van der Waals surface area contributed by atoms with Crippen LogP contribution < -0.4 is 15.9 Å². The largest absolute Gasteiger partial charge is 0.390 e. The average molecular weight is 626 g/mol. The predicted molar refractivity (Wildman–Crippen MR) is 157 cm³/mol. The number of amides is 3. The van der Waals surface area contributed by atoms with Crippen LogP contribution in [0.3, 0.4) is 0 Å². The van der Waals surface area contributed by atoms with E-state index < -0.39 is 50.5 Å². The molecule has 5 N–H and O–H groups in total. The number of primary sulfonamides is 1. The van der Waals surface area contributed by atoms with Crippen LogP contribution in [-0.4, -0.2) is 80.0 Å². The number of nitrogens with two attached hydrogens (primary N) is 1. The molecule has 43 heavy (non-hydrogen) atoms. The molecule has 0 saturated carbocycles. The number of halogens is 2. The van der Waals surface area contributed by atoms with Crippen LogP contribution in [0.5, 0.6) is 0 Å². The summed E-state index contributed by atoms with van der Waals surface area (Å²) in [4.78, 5) is 39.9. The zero-order valence-electron chi connectivity index (χ0n) is 25.1. The number of likely N-dealkylation sites (N-methyl/N-ethyl adjacent to an activating group) is 1. The lowest BCUT2D eigenvalue weighted by Crippen LogP contribution is -2.52. The van der Waals surface area contributed by atoms with Gasteiger partial charge in [0.05, 0.1) is 17.0 Å². The first-order valence-electron chi connectivity index (χ1n) is 14.0. The number of aliphatic hydroxyl groups excluding tert-OH is 1. The van der Waals surface area contributed by atoms with E-state index in [0.29, 0.717) is 32.0 Å². The minimum Gasteiger partial charge on any atom is -0.390 e. The van der Waals surface area contributed by atoms with Crippen molar-refractivity contribution in [2.24, 2.45) is 11.1 Å². The third kappa shape index (κ3) is 11.0. The van der Waals surface area contributed by atoms with Gasteiger partial charge in [-0.05, 0) is 55.2 Å². The monoisotopic (exact) mass is 625 g/mol. The fourth-order valence-corrected chi connectivity index (χ4v) is 4.93. The summed E-state index contributed by atoms with van der Waals surface area (Å²) in [6.07, 6.45) is -0.296. The number of nitrogens with zero attached hydrogens (tertiary/aromatic N) is 2. The summed E-state index contributed by atoms with van der Waals surface area (Å²) in [6.45, 7) is 7.76. The Kier molecular flexibility index (Phi) is 13.2. The lowest BCUT2D eigenvalue weighted by molar-refractivity contribution is -0.129. The Morgan fingerprint density at radius 2 is 1.51 bits per heavy atom. The number of carbonyl (C=O) groups is 3. The van der Waals surface area contributed by atoms with E-state index in [1.54, 1.807) is 13.8 Å². The molecule has 3 amide bonds. The Hall–Kier alpha value is -3.46. The first-order chi connectivity index (χ1) is 20.0. The van der Waals surface area contributed by atoms with Crippen molar-refractivity contribution in [3.05, 3.63) is 64.7 Å². The number of hydrogen-bond donors (Lipinski definition) is 4. The summed E-state index contributed by atoms with van der Waals surface area (Å²) in [6, 6.07) is 4.94. The summed E-state index contributed by atoms with van der Waals surface area (Å²) >= 11 is 0. The van der Waals surface area contributed by atoms with E-state index in [4.69, 9.17) is 5.14 Å². The zero-order valence-corrected chi connectivity index (χ0v) is 25.9. The highest BCUT2D eigenvalue weighted by atomic mass is 32.2. The molecule has 2 rings (SSSR count). The summed E-state index contributed by atoms with van der Waals surface area (Å²) < 4.78 is 52.4.